The average Bonchev–Trinajstić information content (AvgIpc) is 3.12. The first-order valence-electron chi connectivity index (χ1n) is 11.7. The number of anilines is 2. The number of fused-ring (bicyclic) bond motifs is 2. The highest BCUT2D eigenvalue weighted by atomic mass is 32.2. The van der Waals surface area contributed by atoms with Crippen molar-refractivity contribution in [3.63, 3.8) is 0 Å². The number of aromatic hydroxyl groups is 1. The Balaban J connectivity index is 1.56. The molecule has 0 radical (unpaired) electrons. The number of benzene rings is 3. The average molecular weight is 509 g/mol. The summed E-state index contributed by atoms with van der Waals surface area (Å²) in [5, 5.41) is 11.1. The van der Waals surface area contributed by atoms with Crippen LogP contribution < -0.4 is 18.7 Å². The Morgan fingerprint density at radius 2 is 1.72 bits per heavy atom. The van der Waals surface area contributed by atoms with Crippen LogP contribution in [0.4, 0.5) is 11.4 Å². The molecule has 3 aromatic rings. The highest BCUT2D eigenvalue weighted by molar-refractivity contribution is 7.92. The number of carbonyl (C=O) groups excluding carboxylic acids is 1. The molecule has 1 spiro atoms. The Hall–Kier alpha value is -3.72. The fourth-order valence-electron chi connectivity index (χ4n) is 5.11. The molecule has 1 N–H and O–H groups in total. The molecule has 188 valence electrons. The fraction of sp³-hybridized carbons (Fsp3) is 0.296. The monoisotopic (exact) mass is 508 g/mol. The topological polar surface area (TPSA) is 96.4 Å². The third-order valence-electron chi connectivity index (χ3n) is 7.29. The third-order valence-corrected chi connectivity index (χ3v) is 9.12. The molecule has 1 fully saturated rings. The van der Waals surface area contributed by atoms with E-state index >= 15 is 0 Å². The summed E-state index contributed by atoms with van der Waals surface area (Å²) < 4.78 is 38.5. The molecule has 3 aromatic carbocycles. The van der Waals surface area contributed by atoms with E-state index in [4.69, 9.17) is 9.47 Å². The summed E-state index contributed by atoms with van der Waals surface area (Å²) in [6.07, 6.45) is 2.20. The number of amides is 1. The second-order valence-corrected chi connectivity index (χ2v) is 11.1. The Morgan fingerprint density at radius 1 is 1.03 bits per heavy atom. The van der Waals surface area contributed by atoms with Gasteiger partial charge in [0.1, 0.15) is 22.1 Å². The van der Waals surface area contributed by atoms with E-state index in [9.17, 15) is 18.3 Å². The van der Waals surface area contributed by atoms with Gasteiger partial charge in [-0.1, -0.05) is 30.7 Å². The predicted octanol–water partition coefficient (Wildman–Crippen LogP) is 4.20. The summed E-state index contributed by atoms with van der Waals surface area (Å²) in [6.45, 7) is 0.292. The lowest BCUT2D eigenvalue weighted by Gasteiger charge is -2.37. The molecule has 0 aromatic heterocycles. The Kier molecular flexibility index (Phi) is 5.83. The van der Waals surface area contributed by atoms with Gasteiger partial charge in [0.2, 0.25) is 5.91 Å². The minimum atomic E-state index is -3.99. The van der Waals surface area contributed by atoms with Gasteiger partial charge in [-0.2, -0.15) is 0 Å². The highest BCUT2D eigenvalue weighted by Gasteiger charge is 2.55. The van der Waals surface area contributed by atoms with Crippen molar-refractivity contribution >= 4 is 27.3 Å². The molecule has 9 heteroatoms. The molecule has 5 rings (SSSR count). The van der Waals surface area contributed by atoms with Crippen molar-refractivity contribution < 1.29 is 27.8 Å². The van der Waals surface area contributed by atoms with Crippen molar-refractivity contribution in [2.45, 2.75) is 36.1 Å². The minimum absolute atomic E-state index is 0.0190. The summed E-state index contributed by atoms with van der Waals surface area (Å²) in [4.78, 5) is 15.3. The maximum absolute atomic E-state index is 13.7. The van der Waals surface area contributed by atoms with Crippen LogP contribution in [0.5, 0.6) is 17.2 Å². The Bertz CT molecular complexity index is 1430. The van der Waals surface area contributed by atoms with Gasteiger partial charge in [-0.25, -0.2) is 8.42 Å². The number of hydrogen-bond donors (Lipinski definition) is 1. The van der Waals surface area contributed by atoms with Gasteiger partial charge in [-0.3, -0.25) is 9.10 Å². The second kappa shape index (κ2) is 8.74. The number of sulfonamides is 1. The number of hydrogen-bond acceptors (Lipinski definition) is 6. The van der Waals surface area contributed by atoms with E-state index in [1.54, 1.807) is 36.3 Å². The smallest absolute Gasteiger partial charge is 0.267 e. The molecule has 1 aliphatic carbocycles. The van der Waals surface area contributed by atoms with Crippen molar-refractivity contribution in [1.29, 1.82) is 0 Å². The quantitative estimate of drug-likeness (QED) is 0.514. The molecule has 0 atom stereocenters. The first-order valence-corrected chi connectivity index (χ1v) is 13.1. The molecule has 1 amide bonds. The molecule has 0 unspecified atom stereocenters. The van der Waals surface area contributed by atoms with Gasteiger partial charge >= 0.3 is 0 Å². The number of phenolic OH excluding ortho intramolecular Hbond substituents is 1. The van der Waals surface area contributed by atoms with Crippen LogP contribution in [0.2, 0.25) is 0 Å². The molecule has 1 heterocycles. The van der Waals surface area contributed by atoms with Crippen LogP contribution >= 0.6 is 0 Å². The largest absolute Gasteiger partial charge is 0.506 e. The van der Waals surface area contributed by atoms with Crippen LogP contribution in [0.1, 0.15) is 30.4 Å². The van der Waals surface area contributed by atoms with Crippen LogP contribution in [0.25, 0.3) is 0 Å². The lowest BCUT2D eigenvalue weighted by molar-refractivity contribution is -0.126. The third kappa shape index (κ3) is 3.57. The van der Waals surface area contributed by atoms with Crippen LogP contribution in [0, 0.1) is 0 Å². The highest BCUT2D eigenvalue weighted by Crippen LogP contribution is 2.57. The number of carbonyl (C=O) groups is 1. The summed E-state index contributed by atoms with van der Waals surface area (Å²) in [6, 6.07) is 16.9. The van der Waals surface area contributed by atoms with Gasteiger partial charge in [0.05, 0.1) is 37.6 Å². The van der Waals surface area contributed by atoms with E-state index in [2.05, 4.69) is 0 Å². The molecular weight excluding hydrogens is 480 g/mol. The summed E-state index contributed by atoms with van der Waals surface area (Å²) in [5.74, 6) is 0.748. The molecule has 1 saturated carbocycles. The van der Waals surface area contributed by atoms with Crippen molar-refractivity contribution in [2.24, 2.45) is 0 Å². The SMILES string of the molecule is COc1ccc(CN2C(=O)C3(CCC3)c3cc(N(C)S(=O)(=O)c4ccccc4OC)cc(O)c32)cc1. The second-order valence-electron chi connectivity index (χ2n) is 9.16. The molecule has 0 bridgehead atoms. The maximum atomic E-state index is 13.7. The Labute approximate surface area is 210 Å². The summed E-state index contributed by atoms with van der Waals surface area (Å²) >= 11 is 0. The van der Waals surface area contributed by atoms with Crippen LogP contribution in [0.3, 0.4) is 0 Å². The normalized spacial score (nSPS) is 16.0. The van der Waals surface area contributed by atoms with Gasteiger partial charge in [0.25, 0.3) is 10.0 Å². The van der Waals surface area contributed by atoms with Gasteiger partial charge in [-0.05, 0) is 54.3 Å². The van der Waals surface area contributed by atoms with Gasteiger partial charge in [0, 0.05) is 13.1 Å². The van der Waals surface area contributed by atoms with E-state index in [0.29, 0.717) is 36.4 Å². The van der Waals surface area contributed by atoms with Crippen LogP contribution in [-0.4, -0.2) is 40.7 Å². The fourth-order valence-corrected chi connectivity index (χ4v) is 6.44. The first-order chi connectivity index (χ1) is 17.2. The van der Waals surface area contributed by atoms with Gasteiger partial charge < -0.3 is 19.5 Å². The number of para-hydroxylation sites is 1. The molecule has 0 saturated heterocycles. The van der Waals surface area contributed by atoms with Crippen molar-refractivity contribution in [3.8, 4) is 17.2 Å². The number of phenols is 1. The van der Waals surface area contributed by atoms with Crippen LogP contribution in [-0.2, 0) is 26.8 Å². The number of ether oxygens (including phenoxy) is 2. The zero-order valence-corrected chi connectivity index (χ0v) is 21.2. The summed E-state index contributed by atoms with van der Waals surface area (Å²) in [5.41, 5.74) is 1.55. The minimum Gasteiger partial charge on any atom is -0.506 e. The Morgan fingerprint density at radius 3 is 2.33 bits per heavy atom. The zero-order valence-electron chi connectivity index (χ0n) is 20.4. The van der Waals surface area contributed by atoms with Crippen LogP contribution in [0.15, 0.2) is 65.6 Å². The van der Waals surface area contributed by atoms with E-state index in [1.165, 1.54) is 26.3 Å². The van der Waals surface area contributed by atoms with Crippen molar-refractivity contribution in [2.75, 3.05) is 30.5 Å². The molecule has 2 aliphatic rings. The van der Waals surface area contributed by atoms with E-state index in [-0.39, 0.29) is 28.0 Å². The molecule has 36 heavy (non-hydrogen) atoms. The van der Waals surface area contributed by atoms with E-state index in [1.807, 2.05) is 24.3 Å². The van der Waals surface area contributed by atoms with Gasteiger partial charge in [0.15, 0.2) is 0 Å². The lowest BCUT2D eigenvalue weighted by Crippen LogP contribution is -2.44. The summed E-state index contributed by atoms with van der Waals surface area (Å²) in [7, 11) is 0.452. The zero-order chi connectivity index (χ0) is 25.7. The number of rotatable bonds is 7. The molecular formula is C27H28N2O6S. The lowest BCUT2D eigenvalue weighted by atomic mass is 9.65. The number of methoxy groups -OCH3 is 2. The predicted molar refractivity (Wildman–Crippen MR) is 136 cm³/mol. The molecule has 1 aliphatic heterocycles. The standard InChI is InChI=1S/C27H28N2O6S/c1-28(36(32,33)24-8-5-4-7-23(24)35-3)19-15-21-25(22(30)16-19)29(26(31)27(21)13-6-14-27)17-18-9-11-20(34-2)12-10-18/h4-5,7-12,15-16,30H,6,13-14,17H2,1-3H3. The first kappa shape index (κ1) is 24.0. The molecule has 8 nitrogen and oxygen atoms in total. The number of nitrogens with zero attached hydrogens (tertiary/aromatic N) is 2. The van der Waals surface area contributed by atoms with E-state index < -0.39 is 15.4 Å². The van der Waals surface area contributed by atoms with Crippen molar-refractivity contribution in [3.05, 3.63) is 71.8 Å². The van der Waals surface area contributed by atoms with E-state index in [0.717, 1.165) is 16.3 Å². The maximum Gasteiger partial charge on any atom is 0.267 e. The van der Waals surface area contributed by atoms with Gasteiger partial charge in [-0.15, -0.1) is 0 Å². The van der Waals surface area contributed by atoms with Crippen molar-refractivity contribution in [1.82, 2.24) is 0 Å².